The molecule has 1 fully saturated rings. The number of carbonyl (C=O) groups is 4. The lowest BCUT2D eigenvalue weighted by molar-refractivity contribution is -0.138. The van der Waals surface area contributed by atoms with E-state index < -0.39 is 17.8 Å². The highest BCUT2D eigenvalue weighted by Crippen LogP contribution is 2.24. The number of carbonyl (C=O) groups excluding carboxylic acids is 4. The van der Waals surface area contributed by atoms with E-state index in [1.807, 2.05) is 0 Å². The van der Waals surface area contributed by atoms with Gasteiger partial charge in [0, 0.05) is 33.4 Å². The Labute approximate surface area is 162 Å². The molecular formula is C19H22N2O7. The van der Waals surface area contributed by atoms with E-state index in [-0.39, 0.29) is 35.7 Å². The summed E-state index contributed by atoms with van der Waals surface area (Å²) in [5, 5.41) is 0. The van der Waals surface area contributed by atoms with Gasteiger partial charge in [0.05, 0.1) is 29.9 Å². The highest BCUT2D eigenvalue weighted by atomic mass is 16.5. The van der Waals surface area contributed by atoms with Crippen molar-refractivity contribution in [3.05, 3.63) is 34.9 Å². The minimum absolute atomic E-state index is 0.119. The summed E-state index contributed by atoms with van der Waals surface area (Å²) >= 11 is 0. The number of esters is 1. The normalized spacial score (nSPS) is 16.3. The summed E-state index contributed by atoms with van der Waals surface area (Å²) in [6.45, 7) is 2.14. The van der Waals surface area contributed by atoms with Crippen molar-refractivity contribution in [1.29, 1.82) is 0 Å². The van der Waals surface area contributed by atoms with Crippen molar-refractivity contribution in [1.82, 2.24) is 9.80 Å². The van der Waals surface area contributed by atoms with Crippen molar-refractivity contribution < 1.29 is 33.4 Å². The maximum absolute atomic E-state index is 12.5. The van der Waals surface area contributed by atoms with Gasteiger partial charge in [-0.2, -0.15) is 0 Å². The van der Waals surface area contributed by atoms with Gasteiger partial charge >= 0.3 is 5.97 Å². The van der Waals surface area contributed by atoms with Gasteiger partial charge in [0.15, 0.2) is 6.61 Å². The molecule has 3 rings (SSSR count). The summed E-state index contributed by atoms with van der Waals surface area (Å²) in [4.78, 5) is 51.9. The molecule has 1 aromatic carbocycles. The van der Waals surface area contributed by atoms with E-state index in [9.17, 15) is 19.2 Å². The third-order valence-electron chi connectivity index (χ3n) is 4.63. The van der Waals surface area contributed by atoms with Crippen LogP contribution in [0.4, 0.5) is 0 Å². The molecule has 0 aliphatic carbocycles. The predicted molar refractivity (Wildman–Crippen MR) is 96.0 cm³/mol. The fraction of sp³-hybridized carbons (Fsp3) is 0.474. The number of hydrogen-bond donors (Lipinski definition) is 0. The molecule has 2 aliphatic heterocycles. The Morgan fingerprint density at radius 3 is 2.54 bits per heavy atom. The molecule has 150 valence electrons. The van der Waals surface area contributed by atoms with Gasteiger partial charge in [-0.1, -0.05) is 0 Å². The summed E-state index contributed by atoms with van der Waals surface area (Å²) in [6.07, 6.45) is 0.528. The predicted octanol–water partition coefficient (Wildman–Crippen LogP) is 0.335. The van der Waals surface area contributed by atoms with E-state index in [1.165, 1.54) is 18.2 Å². The van der Waals surface area contributed by atoms with Crippen molar-refractivity contribution in [3.63, 3.8) is 0 Å². The topological polar surface area (TPSA) is 102 Å². The van der Waals surface area contributed by atoms with Crippen LogP contribution >= 0.6 is 0 Å². The molecule has 28 heavy (non-hydrogen) atoms. The molecule has 0 atom stereocenters. The minimum atomic E-state index is -0.720. The van der Waals surface area contributed by atoms with Crippen LogP contribution in [0.2, 0.25) is 0 Å². The number of fused-ring (bicyclic) bond motifs is 1. The monoisotopic (exact) mass is 390 g/mol. The smallest absolute Gasteiger partial charge is 0.338 e. The van der Waals surface area contributed by atoms with Gasteiger partial charge in [-0.25, -0.2) is 4.79 Å². The molecule has 9 nitrogen and oxygen atoms in total. The number of morpholine rings is 1. The van der Waals surface area contributed by atoms with Gasteiger partial charge in [0.25, 0.3) is 17.7 Å². The molecule has 1 aromatic rings. The van der Waals surface area contributed by atoms with Gasteiger partial charge < -0.3 is 19.1 Å². The first kappa shape index (κ1) is 20.0. The van der Waals surface area contributed by atoms with Gasteiger partial charge in [-0.15, -0.1) is 0 Å². The number of hydrogen-bond acceptors (Lipinski definition) is 7. The second kappa shape index (κ2) is 8.94. The van der Waals surface area contributed by atoms with Crippen molar-refractivity contribution in [3.8, 4) is 0 Å². The molecule has 3 amide bonds. The SMILES string of the molecule is COCCCN1C(=O)c2ccc(C(=O)OCC(=O)N3CCOCC3)cc2C1=O. The van der Waals surface area contributed by atoms with Crippen LogP contribution in [0, 0.1) is 0 Å². The van der Waals surface area contributed by atoms with Crippen LogP contribution in [0.5, 0.6) is 0 Å². The third kappa shape index (κ3) is 4.20. The largest absolute Gasteiger partial charge is 0.452 e. The van der Waals surface area contributed by atoms with Crippen LogP contribution in [0.3, 0.4) is 0 Å². The van der Waals surface area contributed by atoms with E-state index in [0.717, 1.165) is 4.90 Å². The maximum atomic E-state index is 12.5. The zero-order valence-electron chi connectivity index (χ0n) is 15.6. The summed E-state index contributed by atoms with van der Waals surface area (Å²) in [6, 6.07) is 4.20. The van der Waals surface area contributed by atoms with E-state index in [4.69, 9.17) is 14.2 Å². The van der Waals surface area contributed by atoms with E-state index in [2.05, 4.69) is 0 Å². The lowest BCUT2D eigenvalue weighted by atomic mass is 10.1. The van der Waals surface area contributed by atoms with Crippen molar-refractivity contribution in [2.45, 2.75) is 6.42 Å². The fourth-order valence-electron chi connectivity index (χ4n) is 3.10. The summed E-state index contributed by atoms with van der Waals surface area (Å²) in [5.41, 5.74) is 0.535. The molecule has 0 bridgehead atoms. The molecule has 9 heteroatoms. The molecule has 0 spiro atoms. The Morgan fingerprint density at radius 2 is 1.82 bits per heavy atom. The van der Waals surface area contributed by atoms with Crippen molar-refractivity contribution >= 4 is 23.7 Å². The Hall–Kier alpha value is -2.78. The lowest BCUT2D eigenvalue weighted by Gasteiger charge is -2.26. The standard InChI is InChI=1S/C19H22N2O7/c1-26-8-2-5-21-17(23)14-4-3-13(11-15(14)18(21)24)19(25)28-12-16(22)20-6-9-27-10-7-20/h3-4,11H,2,5-10,12H2,1H3. The summed E-state index contributed by atoms with van der Waals surface area (Å²) in [5.74, 6) is -1.86. The molecule has 0 unspecified atom stereocenters. The Balaban J connectivity index is 1.62. The second-order valence-corrected chi connectivity index (χ2v) is 6.44. The highest BCUT2D eigenvalue weighted by molar-refractivity contribution is 6.21. The Bertz CT molecular complexity index is 786. The fourth-order valence-corrected chi connectivity index (χ4v) is 3.10. The van der Waals surface area contributed by atoms with Crippen molar-refractivity contribution in [2.24, 2.45) is 0 Å². The number of amides is 3. The molecule has 0 radical (unpaired) electrons. The number of methoxy groups -OCH3 is 1. The van der Waals surface area contributed by atoms with Gasteiger partial charge in [-0.3, -0.25) is 19.3 Å². The zero-order valence-corrected chi connectivity index (χ0v) is 15.6. The summed E-state index contributed by atoms with van der Waals surface area (Å²) in [7, 11) is 1.55. The number of nitrogens with zero attached hydrogens (tertiary/aromatic N) is 2. The van der Waals surface area contributed by atoms with E-state index in [0.29, 0.717) is 39.3 Å². The lowest BCUT2D eigenvalue weighted by Crippen LogP contribution is -2.42. The molecular weight excluding hydrogens is 368 g/mol. The number of rotatable bonds is 7. The molecule has 2 heterocycles. The van der Waals surface area contributed by atoms with Gasteiger partial charge in [0.2, 0.25) is 0 Å². The van der Waals surface area contributed by atoms with Crippen LogP contribution in [0.25, 0.3) is 0 Å². The number of imide groups is 1. The van der Waals surface area contributed by atoms with Gasteiger partial charge in [-0.05, 0) is 24.6 Å². The average molecular weight is 390 g/mol. The van der Waals surface area contributed by atoms with Crippen LogP contribution in [-0.2, 0) is 19.0 Å². The zero-order chi connectivity index (χ0) is 20.1. The first-order chi connectivity index (χ1) is 13.5. The van der Waals surface area contributed by atoms with Crippen LogP contribution < -0.4 is 0 Å². The van der Waals surface area contributed by atoms with E-state index >= 15 is 0 Å². The first-order valence-electron chi connectivity index (χ1n) is 9.04. The average Bonchev–Trinajstić information content (AvgIpc) is 2.96. The molecule has 1 saturated heterocycles. The first-order valence-corrected chi connectivity index (χ1v) is 9.04. The highest BCUT2D eigenvalue weighted by Gasteiger charge is 2.35. The minimum Gasteiger partial charge on any atom is -0.452 e. The summed E-state index contributed by atoms with van der Waals surface area (Å²) < 4.78 is 15.2. The molecule has 0 aromatic heterocycles. The second-order valence-electron chi connectivity index (χ2n) is 6.44. The molecule has 2 aliphatic rings. The van der Waals surface area contributed by atoms with Crippen LogP contribution in [0.15, 0.2) is 18.2 Å². The van der Waals surface area contributed by atoms with E-state index in [1.54, 1.807) is 12.0 Å². The quantitative estimate of drug-likeness (QED) is 0.376. The van der Waals surface area contributed by atoms with Gasteiger partial charge in [0.1, 0.15) is 0 Å². The Kier molecular flexibility index (Phi) is 6.37. The van der Waals surface area contributed by atoms with Crippen LogP contribution in [0.1, 0.15) is 37.5 Å². The van der Waals surface area contributed by atoms with Crippen LogP contribution in [-0.4, -0.2) is 86.7 Å². The maximum Gasteiger partial charge on any atom is 0.338 e. The number of benzene rings is 1. The van der Waals surface area contributed by atoms with Crippen molar-refractivity contribution in [2.75, 3.05) is 53.2 Å². The third-order valence-corrected chi connectivity index (χ3v) is 4.63. The number of ether oxygens (including phenoxy) is 3. The Morgan fingerprint density at radius 1 is 1.11 bits per heavy atom. The molecule has 0 N–H and O–H groups in total. The molecule has 0 saturated carbocycles.